The fraction of sp³-hybridized carbons (Fsp3) is 0.471. The highest BCUT2D eigenvalue weighted by Crippen LogP contribution is 2.32. The minimum atomic E-state index is -0.932. The number of anilines is 1. The highest BCUT2D eigenvalue weighted by atomic mass is 32.2. The molecule has 1 aromatic carbocycles. The van der Waals surface area contributed by atoms with Crippen molar-refractivity contribution in [3.63, 3.8) is 0 Å². The number of ether oxygens (including phenoxy) is 1. The van der Waals surface area contributed by atoms with Gasteiger partial charge in [-0.15, -0.1) is 11.8 Å². The Kier molecular flexibility index (Phi) is 5.60. The number of nitrogens with zero attached hydrogens (tertiary/aromatic N) is 1. The molecule has 2 aliphatic rings. The summed E-state index contributed by atoms with van der Waals surface area (Å²) in [7, 11) is 0. The van der Waals surface area contributed by atoms with Crippen molar-refractivity contribution in [2.75, 3.05) is 30.8 Å². The smallest absolute Gasteiger partial charge is 0.305 e. The molecule has 1 fully saturated rings. The number of nitrogens with one attached hydrogen (secondary N) is 1. The number of rotatable bonds is 5. The lowest BCUT2D eigenvalue weighted by Crippen LogP contribution is -2.44. The maximum Gasteiger partial charge on any atom is 0.305 e. The normalized spacial score (nSPS) is 17.5. The Morgan fingerprint density at radius 1 is 1.32 bits per heavy atom. The van der Waals surface area contributed by atoms with Crippen molar-refractivity contribution in [2.45, 2.75) is 30.2 Å². The summed E-state index contributed by atoms with van der Waals surface area (Å²) < 4.78 is 5.34. The minimum absolute atomic E-state index is 0.0272. The van der Waals surface area contributed by atoms with Gasteiger partial charge in [-0.25, -0.2) is 0 Å². The second kappa shape index (κ2) is 7.88. The molecule has 2 heterocycles. The molecule has 0 saturated carbocycles. The van der Waals surface area contributed by atoms with Gasteiger partial charge in [-0.3, -0.25) is 14.4 Å². The lowest BCUT2D eigenvalue weighted by atomic mass is 10.0. The first kappa shape index (κ1) is 17.8. The summed E-state index contributed by atoms with van der Waals surface area (Å²) in [5.74, 6) is -0.860. The Morgan fingerprint density at radius 3 is 2.80 bits per heavy atom. The first-order chi connectivity index (χ1) is 12.0. The first-order valence-electron chi connectivity index (χ1n) is 8.22. The number of fused-ring (bicyclic) bond motifs is 1. The zero-order chi connectivity index (χ0) is 17.8. The van der Waals surface area contributed by atoms with Crippen molar-refractivity contribution in [2.24, 2.45) is 0 Å². The number of hydrogen-bond acceptors (Lipinski definition) is 5. The average molecular weight is 364 g/mol. The standard InChI is InChI=1S/C17H20N2O5S/c20-15-10-25-14-2-1-11(9-13(14)18-15)17(23)19(6-3-16(21)22)12-4-7-24-8-5-12/h1-2,9,12H,3-8,10H2,(H,18,20)(H,21,22). The Labute approximate surface area is 149 Å². The average Bonchev–Trinajstić information content (AvgIpc) is 2.61. The zero-order valence-electron chi connectivity index (χ0n) is 13.7. The van der Waals surface area contributed by atoms with Crippen molar-refractivity contribution in [3.8, 4) is 0 Å². The molecule has 2 amide bonds. The van der Waals surface area contributed by atoms with Crippen LogP contribution in [0.2, 0.25) is 0 Å². The maximum atomic E-state index is 13.0. The van der Waals surface area contributed by atoms with Crippen LogP contribution in [-0.4, -0.2) is 59.3 Å². The highest BCUT2D eigenvalue weighted by molar-refractivity contribution is 8.00. The topological polar surface area (TPSA) is 95.9 Å². The van der Waals surface area contributed by atoms with E-state index < -0.39 is 5.97 Å². The van der Waals surface area contributed by atoms with E-state index in [1.165, 1.54) is 11.8 Å². The largest absolute Gasteiger partial charge is 0.481 e. The van der Waals surface area contributed by atoms with Gasteiger partial charge in [-0.05, 0) is 31.0 Å². The molecule has 0 atom stereocenters. The van der Waals surface area contributed by atoms with Gasteiger partial charge in [0.25, 0.3) is 5.91 Å². The lowest BCUT2D eigenvalue weighted by molar-refractivity contribution is -0.137. The third kappa shape index (κ3) is 4.32. The fourth-order valence-corrected chi connectivity index (χ4v) is 3.83. The van der Waals surface area contributed by atoms with Gasteiger partial charge < -0.3 is 20.1 Å². The monoisotopic (exact) mass is 364 g/mol. The van der Waals surface area contributed by atoms with Crippen LogP contribution < -0.4 is 5.32 Å². The molecule has 8 heteroatoms. The number of carbonyl (C=O) groups excluding carboxylic acids is 2. The van der Waals surface area contributed by atoms with E-state index in [-0.39, 0.29) is 30.8 Å². The van der Waals surface area contributed by atoms with Gasteiger partial charge in [0, 0.05) is 36.3 Å². The van der Waals surface area contributed by atoms with E-state index in [0.717, 1.165) is 4.90 Å². The molecular formula is C17H20N2O5S. The van der Waals surface area contributed by atoms with Crippen molar-refractivity contribution in [1.82, 2.24) is 4.90 Å². The Bertz CT molecular complexity index is 688. The molecule has 0 aromatic heterocycles. The van der Waals surface area contributed by atoms with Gasteiger partial charge in [0.1, 0.15) is 0 Å². The van der Waals surface area contributed by atoms with E-state index in [1.807, 2.05) is 6.07 Å². The van der Waals surface area contributed by atoms with Crippen LogP contribution in [0, 0.1) is 0 Å². The molecule has 1 aromatic rings. The summed E-state index contributed by atoms with van der Waals surface area (Å²) in [6.45, 7) is 1.30. The van der Waals surface area contributed by atoms with Gasteiger partial charge in [-0.2, -0.15) is 0 Å². The number of benzene rings is 1. The number of amides is 2. The van der Waals surface area contributed by atoms with Crippen LogP contribution in [0.1, 0.15) is 29.6 Å². The molecular weight excluding hydrogens is 344 g/mol. The molecule has 0 aliphatic carbocycles. The van der Waals surface area contributed by atoms with Crippen molar-refractivity contribution >= 4 is 35.2 Å². The van der Waals surface area contributed by atoms with Crippen molar-refractivity contribution < 1.29 is 24.2 Å². The molecule has 7 nitrogen and oxygen atoms in total. The number of carbonyl (C=O) groups is 3. The van der Waals surface area contributed by atoms with Gasteiger partial charge in [-0.1, -0.05) is 0 Å². The van der Waals surface area contributed by atoms with E-state index in [9.17, 15) is 14.4 Å². The molecule has 1 saturated heterocycles. The van der Waals surface area contributed by atoms with E-state index in [4.69, 9.17) is 9.84 Å². The summed E-state index contributed by atoms with van der Waals surface area (Å²) in [6.07, 6.45) is 1.30. The van der Waals surface area contributed by atoms with Crippen LogP contribution in [-0.2, 0) is 14.3 Å². The van der Waals surface area contributed by atoms with Gasteiger partial charge in [0.15, 0.2) is 0 Å². The molecule has 25 heavy (non-hydrogen) atoms. The SMILES string of the molecule is O=C(O)CCN(C(=O)c1ccc2c(c1)NC(=O)CS2)C1CCOCC1. The molecule has 2 N–H and O–H groups in total. The number of carboxylic acids is 1. The number of aliphatic carboxylic acids is 1. The molecule has 3 rings (SSSR count). The molecule has 0 spiro atoms. The van der Waals surface area contributed by atoms with Crippen LogP contribution >= 0.6 is 11.8 Å². The van der Waals surface area contributed by atoms with Crippen molar-refractivity contribution in [1.29, 1.82) is 0 Å². The maximum absolute atomic E-state index is 13.0. The van der Waals surface area contributed by atoms with Gasteiger partial charge in [0.2, 0.25) is 5.91 Å². The first-order valence-corrected chi connectivity index (χ1v) is 9.20. The molecule has 134 valence electrons. The van der Waals surface area contributed by atoms with Crippen LogP contribution in [0.25, 0.3) is 0 Å². The number of thioether (sulfide) groups is 1. The zero-order valence-corrected chi connectivity index (χ0v) is 14.5. The molecule has 0 unspecified atom stereocenters. The highest BCUT2D eigenvalue weighted by Gasteiger charge is 2.28. The number of hydrogen-bond donors (Lipinski definition) is 2. The van der Waals surface area contributed by atoms with E-state index >= 15 is 0 Å². The summed E-state index contributed by atoms with van der Waals surface area (Å²) in [5, 5.41) is 11.8. The Hall–Kier alpha value is -2.06. The second-order valence-corrected chi connectivity index (χ2v) is 7.05. The summed E-state index contributed by atoms with van der Waals surface area (Å²) >= 11 is 1.44. The molecule has 0 radical (unpaired) electrons. The summed E-state index contributed by atoms with van der Waals surface area (Å²) in [4.78, 5) is 38.1. The predicted molar refractivity (Wildman–Crippen MR) is 92.9 cm³/mol. The van der Waals surface area contributed by atoms with E-state index in [0.29, 0.717) is 43.1 Å². The third-order valence-corrected chi connectivity index (χ3v) is 5.39. The minimum Gasteiger partial charge on any atom is -0.481 e. The van der Waals surface area contributed by atoms with E-state index in [1.54, 1.807) is 17.0 Å². The lowest BCUT2D eigenvalue weighted by Gasteiger charge is -2.34. The fourth-order valence-electron chi connectivity index (χ4n) is 3.04. The van der Waals surface area contributed by atoms with Gasteiger partial charge in [0.05, 0.1) is 17.9 Å². The van der Waals surface area contributed by atoms with Gasteiger partial charge >= 0.3 is 5.97 Å². The third-order valence-electron chi connectivity index (χ3n) is 4.32. The quantitative estimate of drug-likeness (QED) is 0.827. The predicted octanol–water partition coefficient (Wildman–Crippen LogP) is 1.83. The number of carboxylic acid groups (broad SMARTS) is 1. The molecule has 0 bridgehead atoms. The Morgan fingerprint density at radius 2 is 2.08 bits per heavy atom. The van der Waals surface area contributed by atoms with Crippen LogP contribution in [0.15, 0.2) is 23.1 Å². The van der Waals surface area contributed by atoms with Crippen LogP contribution in [0.5, 0.6) is 0 Å². The summed E-state index contributed by atoms with van der Waals surface area (Å²) in [6, 6.07) is 5.21. The van der Waals surface area contributed by atoms with Crippen LogP contribution in [0.4, 0.5) is 5.69 Å². The Balaban J connectivity index is 1.82. The van der Waals surface area contributed by atoms with Crippen LogP contribution in [0.3, 0.4) is 0 Å². The second-order valence-electron chi connectivity index (χ2n) is 6.03. The van der Waals surface area contributed by atoms with E-state index in [2.05, 4.69) is 5.32 Å². The van der Waals surface area contributed by atoms with Crippen molar-refractivity contribution in [3.05, 3.63) is 23.8 Å². The molecule has 2 aliphatic heterocycles. The summed E-state index contributed by atoms with van der Waals surface area (Å²) in [5.41, 5.74) is 1.09.